The van der Waals surface area contributed by atoms with Crippen LogP contribution in [0, 0.1) is 5.92 Å². The fourth-order valence-electron chi connectivity index (χ4n) is 2.14. The fraction of sp³-hybridized carbons (Fsp3) is 0.583. The molecule has 96 valence electrons. The summed E-state index contributed by atoms with van der Waals surface area (Å²) in [5, 5.41) is 0.561. The molecule has 3 nitrogen and oxygen atoms in total. The van der Waals surface area contributed by atoms with Crippen molar-refractivity contribution >= 4 is 24.0 Å². The second-order valence-corrected chi connectivity index (χ2v) is 4.83. The van der Waals surface area contributed by atoms with Gasteiger partial charge >= 0.3 is 0 Å². The van der Waals surface area contributed by atoms with Gasteiger partial charge in [-0.2, -0.15) is 0 Å². The lowest BCUT2D eigenvalue weighted by atomic mass is 9.97. The van der Waals surface area contributed by atoms with E-state index in [4.69, 9.17) is 17.3 Å². The standard InChI is InChI=1S/C12H18ClN3.ClH/c13-12-2-1-11(8-15-12)9-16-5-3-10(7-14)4-6-16;/h1-2,8,10H,3-7,9,14H2;1H. The molecule has 0 radical (unpaired) electrons. The van der Waals surface area contributed by atoms with Gasteiger partial charge in [0.2, 0.25) is 0 Å². The van der Waals surface area contributed by atoms with E-state index in [2.05, 4.69) is 9.88 Å². The van der Waals surface area contributed by atoms with Crippen molar-refractivity contribution in [1.29, 1.82) is 0 Å². The van der Waals surface area contributed by atoms with Crippen LogP contribution in [0.3, 0.4) is 0 Å². The number of hydrogen-bond donors (Lipinski definition) is 1. The van der Waals surface area contributed by atoms with Crippen molar-refractivity contribution < 1.29 is 0 Å². The van der Waals surface area contributed by atoms with Crippen LogP contribution in [0.1, 0.15) is 18.4 Å². The number of hydrogen-bond acceptors (Lipinski definition) is 3. The summed E-state index contributed by atoms with van der Waals surface area (Å²) in [6, 6.07) is 3.90. The Bertz CT molecular complexity index is 321. The largest absolute Gasteiger partial charge is 0.330 e. The quantitative estimate of drug-likeness (QED) is 0.861. The summed E-state index contributed by atoms with van der Waals surface area (Å²) < 4.78 is 0. The monoisotopic (exact) mass is 275 g/mol. The third-order valence-corrected chi connectivity index (χ3v) is 3.46. The summed E-state index contributed by atoms with van der Waals surface area (Å²) in [5.41, 5.74) is 6.91. The van der Waals surface area contributed by atoms with Gasteiger partial charge in [0, 0.05) is 12.7 Å². The normalized spacial score (nSPS) is 17.8. The molecule has 17 heavy (non-hydrogen) atoms. The molecule has 2 N–H and O–H groups in total. The summed E-state index contributed by atoms with van der Waals surface area (Å²) >= 11 is 5.75. The molecule has 1 fully saturated rings. The van der Waals surface area contributed by atoms with Crippen LogP contribution in [0.4, 0.5) is 0 Å². The third-order valence-electron chi connectivity index (χ3n) is 3.24. The molecule has 1 saturated heterocycles. The Morgan fingerprint density at radius 3 is 2.59 bits per heavy atom. The molecule has 0 aliphatic carbocycles. The molecule has 0 saturated carbocycles. The molecular formula is C12H19Cl2N3. The molecule has 1 aromatic rings. The zero-order valence-corrected chi connectivity index (χ0v) is 11.4. The van der Waals surface area contributed by atoms with Crippen LogP contribution < -0.4 is 5.73 Å². The molecule has 0 spiro atoms. The number of piperidine rings is 1. The van der Waals surface area contributed by atoms with Crippen LogP contribution >= 0.6 is 24.0 Å². The van der Waals surface area contributed by atoms with E-state index in [1.807, 2.05) is 18.3 Å². The molecule has 2 heterocycles. The summed E-state index contributed by atoms with van der Waals surface area (Å²) in [5.74, 6) is 0.722. The van der Waals surface area contributed by atoms with Gasteiger partial charge in [-0.25, -0.2) is 4.98 Å². The first-order valence-corrected chi connectivity index (χ1v) is 6.18. The average molecular weight is 276 g/mol. The molecule has 1 aliphatic heterocycles. The SMILES string of the molecule is Cl.NCC1CCN(Cc2ccc(Cl)nc2)CC1. The first-order chi connectivity index (χ1) is 7.78. The maximum absolute atomic E-state index is 5.75. The predicted molar refractivity (Wildman–Crippen MR) is 73.6 cm³/mol. The van der Waals surface area contributed by atoms with Gasteiger partial charge in [-0.3, -0.25) is 4.90 Å². The van der Waals surface area contributed by atoms with Crippen LogP contribution in [0.5, 0.6) is 0 Å². The molecule has 1 aromatic heterocycles. The molecule has 0 unspecified atom stereocenters. The van der Waals surface area contributed by atoms with E-state index >= 15 is 0 Å². The third kappa shape index (κ3) is 4.43. The van der Waals surface area contributed by atoms with Gasteiger partial charge in [0.05, 0.1) is 0 Å². The minimum absolute atomic E-state index is 0. The lowest BCUT2D eigenvalue weighted by Crippen LogP contribution is -2.35. The minimum Gasteiger partial charge on any atom is -0.330 e. The Labute approximate surface area is 114 Å². The van der Waals surface area contributed by atoms with Crippen molar-refractivity contribution in [2.24, 2.45) is 11.7 Å². The summed E-state index contributed by atoms with van der Waals surface area (Å²) in [4.78, 5) is 6.55. The fourth-order valence-corrected chi connectivity index (χ4v) is 2.25. The molecular weight excluding hydrogens is 257 g/mol. The highest BCUT2D eigenvalue weighted by Crippen LogP contribution is 2.18. The van der Waals surface area contributed by atoms with Gasteiger partial charge in [0.25, 0.3) is 0 Å². The first kappa shape index (κ1) is 14.7. The summed E-state index contributed by atoms with van der Waals surface area (Å²) in [6.45, 7) is 4.09. The Morgan fingerprint density at radius 2 is 2.06 bits per heavy atom. The van der Waals surface area contributed by atoms with E-state index in [1.165, 1.54) is 18.4 Å². The van der Waals surface area contributed by atoms with Crippen LogP contribution in [0.15, 0.2) is 18.3 Å². The van der Waals surface area contributed by atoms with E-state index in [1.54, 1.807) is 0 Å². The minimum atomic E-state index is 0. The van der Waals surface area contributed by atoms with Crippen molar-refractivity contribution in [3.8, 4) is 0 Å². The molecule has 1 aliphatic rings. The summed E-state index contributed by atoms with van der Waals surface area (Å²) in [7, 11) is 0. The number of pyridine rings is 1. The maximum Gasteiger partial charge on any atom is 0.129 e. The number of likely N-dealkylation sites (tertiary alicyclic amines) is 1. The average Bonchev–Trinajstić information content (AvgIpc) is 2.33. The highest BCUT2D eigenvalue weighted by atomic mass is 35.5. The Morgan fingerprint density at radius 1 is 1.35 bits per heavy atom. The number of rotatable bonds is 3. The number of nitrogens with two attached hydrogens (primary N) is 1. The topological polar surface area (TPSA) is 42.1 Å². The Kier molecular flexibility index (Phi) is 6.20. The lowest BCUT2D eigenvalue weighted by Gasteiger charge is -2.31. The molecule has 0 atom stereocenters. The van der Waals surface area contributed by atoms with Crippen molar-refractivity contribution in [1.82, 2.24) is 9.88 Å². The number of halogens is 2. The van der Waals surface area contributed by atoms with Crippen molar-refractivity contribution in [2.45, 2.75) is 19.4 Å². The van der Waals surface area contributed by atoms with Gasteiger partial charge in [-0.15, -0.1) is 12.4 Å². The van der Waals surface area contributed by atoms with Crippen molar-refractivity contribution in [3.05, 3.63) is 29.0 Å². The molecule has 0 aromatic carbocycles. The van der Waals surface area contributed by atoms with E-state index in [0.29, 0.717) is 5.15 Å². The van der Waals surface area contributed by atoms with Gasteiger partial charge < -0.3 is 5.73 Å². The number of aromatic nitrogens is 1. The van der Waals surface area contributed by atoms with Crippen LogP contribution in [-0.4, -0.2) is 29.5 Å². The molecule has 0 bridgehead atoms. The highest BCUT2D eigenvalue weighted by Gasteiger charge is 2.17. The van der Waals surface area contributed by atoms with E-state index < -0.39 is 0 Å². The van der Waals surface area contributed by atoms with Crippen LogP contribution in [-0.2, 0) is 6.54 Å². The zero-order chi connectivity index (χ0) is 11.4. The molecule has 0 amide bonds. The zero-order valence-electron chi connectivity index (χ0n) is 9.81. The van der Waals surface area contributed by atoms with Gasteiger partial charge in [0.1, 0.15) is 5.15 Å². The van der Waals surface area contributed by atoms with E-state index in [-0.39, 0.29) is 12.4 Å². The van der Waals surface area contributed by atoms with Gasteiger partial charge in [-0.05, 0) is 50.0 Å². The lowest BCUT2D eigenvalue weighted by molar-refractivity contribution is 0.180. The smallest absolute Gasteiger partial charge is 0.129 e. The number of nitrogens with zero attached hydrogens (tertiary/aromatic N) is 2. The van der Waals surface area contributed by atoms with Crippen LogP contribution in [0.25, 0.3) is 0 Å². The van der Waals surface area contributed by atoms with Gasteiger partial charge in [-0.1, -0.05) is 17.7 Å². The van der Waals surface area contributed by atoms with Crippen LogP contribution in [0.2, 0.25) is 5.15 Å². The summed E-state index contributed by atoms with van der Waals surface area (Å²) in [6.07, 6.45) is 4.30. The predicted octanol–water partition coefficient (Wildman–Crippen LogP) is 2.33. The molecule has 2 rings (SSSR count). The van der Waals surface area contributed by atoms with Crippen molar-refractivity contribution in [2.75, 3.05) is 19.6 Å². The first-order valence-electron chi connectivity index (χ1n) is 5.81. The highest BCUT2D eigenvalue weighted by molar-refractivity contribution is 6.29. The second kappa shape index (κ2) is 7.17. The maximum atomic E-state index is 5.75. The second-order valence-electron chi connectivity index (χ2n) is 4.44. The van der Waals surface area contributed by atoms with Gasteiger partial charge in [0.15, 0.2) is 0 Å². The van der Waals surface area contributed by atoms with Crippen molar-refractivity contribution in [3.63, 3.8) is 0 Å². The Balaban J connectivity index is 0.00000144. The Hall–Kier alpha value is -0.350. The van der Waals surface area contributed by atoms with E-state index in [9.17, 15) is 0 Å². The van der Waals surface area contributed by atoms with E-state index in [0.717, 1.165) is 32.1 Å². The molecule has 5 heteroatoms.